The fraction of sp³-hybridized carbons (Fsp3) is 0.269. The van der Waals surface area contributed by atoms with Gasteiger partial charge in [0.05, 0.1) is 31.3 Å². The van der Waals surface area contributed by atoms with E-state index in [0.29, 0.717) is 17.1 Å². The molecule has 0 bridgehead atoms. The van der Waals surface area contributed by atoms with Crippen LogP contribution in [0.25, 0.3) is 27.9 Å². The van der Waals surface area contributed by atoms with E-state index in [4.69, 9.17) is 4.74 Å². The molecule has 1 saturated heterocycles. The number of hydrogen-bond acceptors (Lipinski definition) is 3. The smallest absolute Gasteiger partial charge is 0.231 e. The number of nitrogens with zero attached hydrogens (tertiary/aromatic N) is 2. The first-order valence-electron chi connectivity index (χ1n) is 10.7. The summed E-state index contributed by atoms with van der Waals surface area (Å²) in [7, 11) is 1.01. The van der Waals surface area contributed by atoms with E-state index in [9.17, 15) is 4.79 Å². The standard InChI is InChI=1S/C26H30N2O2Si/c1-7-24-18(2)26(29)25(30-24)15-19-12-13-23-21(14-19)20-10-8-9-11-22(20)28(23)16-27(3)17-31(4,5)6/h7-15H,2,16-17H2,1,3-6H3. The molecule has 1 aliphatic rings. The summed E-state index contributed by atoms with van der Waals surface area (Å²) in [6.45, 7) is 13.7. The van der Waals surface area contributed by atoms with Gasteiger partial charge < -0.3 is 9.30 Å². The molecule has 0 atom stereocenters. The Hall–Kier alpha value is -2.89. The van der Waals surface area contributed by atoms with Crippen molar-refractivity contribution in [3.8, 4) is 0 Å². The topological polar surface area (TPSA) is 34.5 Å². The average molecular weight is 431 g/mol. The van der Waals surface area contributed by atoms with Gasteiger partial charge in [0.15, 0.2) is 5.76 Å². The Morgan fingerprint density at radius 3 is 2.45 bits per heavy atom. The highest BCUT2D eigenvalue weighted by molar-refractivity contribution is 6.76. The van der Waals surface area contributed by atoms with Crippen LogP contribution in [-0.4, -0.2) is 36.5 Å². The van der Waals surface area contributed by atoms with Crippen molar-refractivity contribution >= 4 is 41.7 Å². The van der Waals surface area contributed by atoms with E-state index in [0.717, 1.165) is 18.4 Å². The van der Waals surface area contributed by atoms with E-state index in [1.54, 1.807) is 6.08 Å². The SMILES string of the molecule is C=C1C(=O)C(=Cc2ccc3c(c2)c2ccccc2n3CN(C)C[Si](C)(C)C)OC1=CC. The summed E-state index contributed by atoms with van der Waals surface area (Å²) >= 11 is 0. The number of benzene rings is 2. The summed E-state index contributed by atoms with van der Waals surface area (Å²) in [4.78, 5) is 14.9. The second-order valence-electron chi connectivity index (χ2n) is 9.51. The van der Waals surface area contributed by atoms with E-state index in [-0.39, 0.29) is 5.78 Å². The van der Waals surface area contributed by atoms with Crippen LogP contribution >= 0.6 is 0 Å². The molecule has 0 radical (unpaired) electrons. The number of fused-ring (bicyclic) bond motifs is 3. The lowest BCUT2D eigenvalue weighted by molar-refractivity contribution is -0.112. The molecule has 0 N–H and O–H groups in total. The molecule has 2 heterocycles. The number of hydrogen-bond donors (Lipinski definition) is 0. The number of aromatic nitrogens is 1. The molecule has 4 rings (SSSR count). The van der Waals surface area contributed by atoms with Gasteiger partial charge in [-0.1, -0.05) is 50.5 Å². The summed E-state index contributed by atoms with van der Waals surface area (Å²) in [6.07, 6.45) is 4.73. The van der Waals surface area contributed by atoms with Crippen molar-refractivity contribution in [3.05, 3.63) is 77.8 Å². The Labute approximate surface area is 185 Å². The van der Waals surface area contributed by atoms with E-state index in [1.807, 2.05) is 13.0 Å². The molecule has 4 nitrogen and oxygen atoms in total. The Morgan fingerprint density at radius 2 is 1.77 bits per heavy atom. The van der Waals surface area contributed by atoms with Gasteiger partial charge in [-0.2, -0.15) is 0 Å². The third kappa shape index (κ3) is 4.16. The molecule has 0 aliphatic carbocycles. The van der Waals surface area contributed by atoms with Gasteiger partial charge in [0.25, 0.3) is 0 Å². The second kappa shape index (κ2) is 7.98. The van der Waals surface area contributed by atoms with E-state index < -0.39 is 8.07 Å². The minimum Gasteiger partial charge on any atom is -0.453 e. The summed E-state index contributed by atoms with van der Waals surface area (Å²) in [5.41, 5.74) is 3.78. The van der Waals surface area contributed by atoms with Crippen molar-refractivity contribution < 1.29 is 9.53 Å². The fourth-order valence-electron chi connectivity index (χ4n) is 4.38. The van der Waals surface area contributed by atoms with Crippen molar-refractivity contribution in [2.75, 3.05) is 13.2 Å². The van der Waals surface area contributed by atoms with Gasteiger partial charge in [0, 0.05) is 10.8 Å². The fourth-order valence-corrected chi connectivity index (χ4v) is 6.10. The van der Waals surface area contributed by atoms with Crippen molar-refractivity contribution in [2.24, 2.45) is 0 Å². The number of para-hydroxylation sites is 1. The number of ketones is 1. The first-order valence-corrected chi connectivity index (χ1v) is 14.4. The molecule has 1 aliphatic heterocycles. The zero-order chi connectivity index (χ0) is 22.3. The molecule has 0 amide bonds. The lowest BCUT2D eigenvalue weighted by Crippen LogP contribution is -2.38. The molecule has 31 heavy (non-hydrogen) atoms. The van der Waals surface area contributed by atoms with Gasteiger partial charge >= 0.3 is 0 Å². The van der Waals surface area contributed by atoms with Crippen molar-refractivity contribution in [2.45, 2.75) is 33.2 Å². The number of allylic oxidation sites excluding steroid dienone is 3. The zero-order valence-corrected chi connectivity index (χ0v) is 20.0. The third-order valence-corrected chi connectivity index (χ3v) is 6.99. The van der Waals surface area contributed by atoms with E-state index in [2.05, 4.69) is 85.2 Å². The van der Waals surface area contributed by atoms with Gasteiger partial charge in [-0.25, -0.2) is 0 Å². The largest absolute Gasteiger partial charge is 0.453 e. The summed E-state index contributed by atoms with van der Waals surface area (Å²) in [6, 6.07) is 14.9. The average Bonchev–Trinajstić information content (AvgIpc) is 3.16. The predicted molar refractivity (Wildman–Crippen MR) is 132 cm³/mol. The quantitative estimate of drug-likeness (QED) is 0.370. The van der Waals surface area contributed by atoms with Crippen LogP contribution in [0.5, 0.6) is 0 Å². The number of carbonyl (C=O) groups is 1. The minimum absolute atomic E-state index is 0.149. The third-order valence-electron chi connectivity index (χ3n) is 5.50. The Kier molecular flexibility index (Phi) is 5.50. The Morgan fingerprint density at radius 1 is 1.06 bits per heavy atom. The van der Waals surface area contributed by atoms with Gasteiger partial charge in [-0.05, 0) is 56.1 Å². The molecule has 0 spiro atoms. The van der Waals surface area contributed by atoms with Crippen molar-refractivity contribution in [3.63, 3.8) is 0 Å². The number of carbonyl (C=O) groups excluding carboxylic acids is 1. The summed E-state index contributed by atoms with van der Waals surface area (Å²) < 4.78 is 8.10. The monoisotopic (exact) mass is 430 g/mol. The summed E-state index contributed by atoms with van der Waals surface area (Å²) in [5.74, 6) is 0.721. The van der Waals surface area contributed by atoms with Crippen molar-refractivity contribution in [1.82, 2.24) is 9.47 Å². The van der Waals surface area contributed by atoms with Crippen LogP contribution in [0.1, 0.15) is 12.5 Å². The maximum Gasteiger partial charge on any atom is 0.231 e. The lowest BCUT2D eigenvalue weighted by atomic mass is 10.1. The highest BCUT2D eigenvalue weighted by Crippen LogP contribution is 2.32. The zero-order valence-electron chi connectivity index (χ0n) is 19.0. The molecule has 1 fully saturated rings. The van der Waals surface area contributed by atoms with Crippen LogP contribution in [0.3, 0.4) is 0 Å². The van der Waals surface area contributed by atoms with Crippen LogP contribution in [0, 0.1) is 0 Å². The summed E-state index contributed by atoms with van der Waals surface area (Å²) in [5, 5.41) is 2.40. The van der Waals surface area contributed by atoms with Gasteiger partial charge in [-0.15, -0.1) is 0 Å². The van der Waals surface area contributed by atoms with Crippen molar-refractivity contribution in [1.29, 1.82) is 0 Å². The maximum absolute atomic E-state index is 12.5. The number of Topliss-reactive ketones (excluding diaryl/α,β-unsaturated/α-hetero) is 1. The normalized spacial score (nSPS) is 17.6. The predicted octanol–water partition coefficient (Wildman–Crippen LogP) is 5.96. The Bertz CT molecular complexity index is 1260. The molecular weight excluding hydrogens is 400 g/mol. The highest BCUT2D eigenvalue weighted by Gasteiger charge is 2.28. The van der Waals surface area contributed by atoms with Gasteiger partial charge in [0.2, 0.25) is 5.78 Å². The van der Waals surface area contributed by atoms with E-state index in [1.165, 1.54) is 21.8 Å². The number of rotatable bonds is 5. The van der Waals surface area contributed by atoms with Gasteiger partial charge in [-0.3, -0.25) is 9.69 Å². The van der Waals surface area contributed by atoms with E-state index >= 15 is 0 Å². The first-order chi connectivity index (χ1) is 14.7. The molecule has 2 aromatic carbocycles. The first kappa shape index (κ1) is 21.3. The molecule has 3 aromatic rings. The van der Waals surface area contributed by atoms with Crippen LogP contribution in [0.2, 0.25) is 19.6 Å². The van der Waals surface area contributed by atoms with Crippen LogP contribution in [0.4, 0.5) is 0 Å². The highest BCUT2D eigenvalue weighted by atomic mass is 28.3. The maximum atomic E-state index is 12.5. The number of ether oxygens (including phenoxy) is 1. The minimum atomic E-state index is -1.19. The van der Waals surface area contributed by atoms with Gasteiger partial charge in [0.1, 0.15) is 5.76 Å². The Balaban J connectivity index is 1.77. The van der Waals surface area contributed by atoms with Crippen LogP contribution in [0.15, 0.2) is 72.2 Å². The molecule has 160 valence electrons. The molecule has 0 unspecified atom stereocenters. The molecular formula is C26H30N2O2Si. The lowest BCUT2D eigenvalue weighted by Gasteiger charge is -2.26. The molecule has 1 aromatic heterocycles. The van der Waals surface area contributed by atoms with Crippen LogP contribution < -0.4 is 0 Å². The molecule has 5 heteroatoms. The van der Waals surface area contributed by atoms with Crippen LogP contribution in [-0.2, 0) is 16.2 Å². The molecule has 0 saturated carbocycles. The second-order valence-corrected chi connectivity index (χ2v) is 14.9.